The maximum atomic E-state index is 13.3. The largest absolute Gasteiger partial charge is 0.337 e. The van der Waals surface area contributed by atoms with Crippen LogP contribution in [0.5, 0.6) is 0 Å². The van der Waals surface area contributed by atoms with Gasteiger partial charge in [0.15, 0.2) is 0 Å². The molecule has 1 fully saturated rings. The summed E-state index contributed by atoms with van der Waals surface area (Å²) in [6, 6.07) is 10.4. The summed E-state index contributed by atoms with van der Waals surface area (Å²) in [6.45, 7) is 3.76. The summed E-state index contributed by atoms with van der Waals surface area (Å²) in [6.07, 6.45) is 3.18. The molecule has 0 atom stereocenters. The van der Waals surface area contributed by atoms with Crippen molar-refractivity contribution in [2.24, 2.45) is 0 Å². The van der Waals surface area contributed by atoms with Gasteiger partial charge in [-0.3, -0.25) is 19.5 Å². The van der Waals surface area contributed by atoms with Crippen molar-refractivity contribution in [2.45, 2.75) is 23.8 Å². The summed E-state index contributed by atoms with van der Waals surface area (Å²) >= 11 is 12.2. The highest BCUT2D eigenvalue weighted by atomic mass is 35.5. The molecule has 2 aromatic carbocycles. The van der Waals surface area contributed by atoms with Gasteiger partial charge in [-0.1, -0.05) is 41.9 Å². The Morgan fingerprint density at radius 1 is 1.10 bits per heavy atom. The topological polar surface area (TPSA) is 145 Å². The standard InChI is InChI=1S/C26H26Cl2N6O5S/c1-3-22(35)30-16-6-4-7-18(14-16)40(38,39)34-12-10-17(11-13-34)33(2)26(37)24-21(15-29-32-24)31-25(36)23-19(27)8-5-9-20(23)28/h3-9,14-15,17H,1,10-13H2,2H3,(H,29,32)(H,30,35)(H,31,36). The lowest BCUT2D eigenvalue weighted by Gasteiger charge is -2.36. The van der Waals surface area contributed by atoms with Crippen LogP contribution in [0.2, 0.25) is 10.0 Å². The fourth-order valence-corrected chi connectivity index (χ4v) is 6.42. The molecule has 4 rings (SSSR count). The molecule has 0 unspecified atom stereocenters. The lowest BCUT2D eigenvalue weighted by Crippen LogP contribution is -2.47. The summed E-state index contributed by atoms with van der Waals surface area (Å²) in [7, 11) is -2.21. The maximum Gasteiger partial charge on any atom is 0.274 e. The van der Waals surface area contributed by atoms with Gasteiger partial charge < -0.3 is 15.5 Å². The normalized spacial score (nSPS) is 14.4. The minimum Gasteiger partial charge on any atom is -0.337 e. The number of rotatable bonds is 8. The third-order valence-electron chi connectivity index (χ3n) is 6.51. The smallest absolute Gasteiger partial charge is 0.274 e. The van der Waals surface area contributed by atoms with E-state index in [1.54, 1.807) is 25.2 Å². The number of hydrogen-bond acceptors (Lipinski definition) is 6. The first-order chi connectivity index (χ1) is 19.0. The average molecular weight is 606 g/mol. The molecule has 0 saturated carbocycles. The Kier molecular flexibility index (Phi) is 8.94. The van der Waals surface area contributed by atoms with E-state index in [4.69, 9.17) is 23.2 Å². The summed E-state index contributed by atoms with van der Waals surface area (Å²) in [5.74, 6) is -1.47. The van der Waals surface area contributed by atoms with Crippen LogP contribution in [0.25, 0.3) is 0 Å². The monoisotopic (exact) mass is 604 g/mol. The van der Waals surface area contributed by atoms with Gasteiger partial charge in [0.1, 0.15) is 5.69 Å². The number of sulfonamides is 1. The van der Waals surface area contributed by atoms with E-state index in [2.05, 4.69) is 27.4 Å². The number of halogens is 2. The molecule has 3 amide bonds. The van der Waals surface area contributed by atoms with Crippen molar-refractivity contribution >= 4 is 62.3 Å². The van der Waals surface area contributed by atoms with Gasteiger partial charge in [-0.05, 0) is 49.2 Å². The molecule has 1 aliphatic rings. The molecule has 14 heteroatoms. The van der Waals surface area contributed by atoms with Crippen LogP contribution in [-0.2, 0) is 14.8 Å². The number of anilines is 2. The zero-order chi connectivity index (χ0) is 29.0. The molecule has 0 aliphatic carbocycles. The second kappa shape index (κ2) is 12.2. The molecule has 3 N–H and O–H groups in total. The highest BCUT2D eigenvalue weighted by molar-refractivity contribution is 7.89. The van der Waals surface area contributed by atoms with Crippen LogP contribution in [0.4, 0.5) is 11.4 Å². The molecule has 1 aliphatic heterocycles. The Hall–Kier alpha value is -3.71. The van der Waals surface area contributed by atoms with Gasteiger partial charge in [0.25, 0.3) is 11.8 Å². The lowest BCUT2D eigenvalue weighted by molar-refractivity contribution is -0.111. The van der Waals surface area contributed by atoms with Gasteiger partial charge in [0, 0.05) is 31.9 Å². The molecule has 0 radical (unpaired) electrons. The zero-order valence-corrected chi connectivity index (χ0v) is 23.7. The minimum atomic E-state index is -3.83. The Labute approximate surface area is 241 Å². The molecule has 1 aromatic heterocycles. The fraction of sp³-hybridized carbons (Fsp3) is 0.231. The van der Waals surface area contributed by atoms with E-state index in [1.807, 2.05) is 0 Å². The Balaban J connectivity index is 1.41. The number of amides is 3. The van der Waals surface area contributed by atoms with Crippen LogP contribution in [-0.4, -0.2) is 71.7 Å². The number of benzene rings is 2. The molecular formula is C26H26Cl2N6O5S. The molecule has 0 spiro atoms. The Morgan fingerprint density at radius 2 is 1.75 bits per heavy atom. The van der Waals surface area contributed by atoms with E-state index in [0.29, 0.717) is 18.5 Å². The SMILES string of the molecule is C=CC(=O)Nc1cccc(S(=O)(=O)N2CCC(N(C)C(=O)c3[nH]ncc3NC(=O)c3c(Cl)cccc3Cl)CC2)c1. The number of piperidine rings is 1. The fourth-order valence-electron chi connectivity index (χ4n) is 4.33. The van der Waals surface area contributed by atoms with Gasteiger partial charge in [0.05, 0.1) is 32.4 Å². The zero-order valence-electron chi connectivity index (χ0n) is 21.4. The number of aromatic amines is 1. The third-order valence-corrected chi connectivity index (χ3v) is 9.03. The number of nitrogens with one attached hydrogen (secondary N) is 3. The van der Waals surface area contributed by atoms with E-state index >= 15 is 0 Å². The summed E-state index contributed by atoms with van der Waals surface area (Å²) in [5, 5.41) is 12.0. The number of carbonyl (C=O) groups excluding carboxylic acids is 3. The average Bonchev–Trinajstić information content (AvgIpc) is 3.40. The van der Waals surface area contributed by atoms with Crippen molar-refractivity contribution in [3.63, 3.8) is 0 Å². The van der Waals surface area contributed by atoms with E-state index in [-0.39, 0.29) is 51.0 Å². The van der Waals surface area contributed by atoms with Crippen molar-refractivity contribution in [3.8, 4) is 0 Å². The number of H-pyrrole nitrogens is 1. The van der Waals surface area contributed by atoms with Gasteiger partial charge in [-0.2, -0.15) is 9.40 Å². The van der Waals surface area contributed by atoms with E-state index in [9.17, 15) is 22.8 Å². The van der Waals surface area contributed by atoms with Gasteiger partial charge in [-0.25, -0.2) is 8.42 Å². The first-order valence-electron chi connectivity index (χ1n) is 12.1. The predicted octanol–water partition coefficient (Wildman–Crippen LogP) is 4.02. The van der Waals surface area contributed by atoms with E-state index in [0.717, 1.165) is 6.08 Å². The molecule has 2 heterocycles. The van der Waals surface area contributed by atoms with Crippen LogP contribution in [0.3, 0.4) is 0 Å². The molecule has 0 bridgehead atoms. The molecule has 3 aromatic rings. The Bertz CT molecular complexity index is 1550. The van der Waals surface area contributed by atoms with Crippen molar-refractivity contribution in [1.82, 2.24) is 19.4 Å². The van der Waals surface area contributed by atoms with Gasteiger partial charge >= 0.3 is 0 Å². The van der Waals surface area contributed by atoms with Crippen molar-refractivity contribution < 1.29 is 22.8 Å². The van der Waals surface area contributed by atoms with E-state index < -0.39 is 27.7 Å². The van der Waals surface area contributed by atoms with Gasteiger partial charge in [0.2, 0.25) is 15.9 Å². The van der Waals surface area contributed by atoms with Crippen molar-refractivity contribution in [3.05, 3.63) is 82.6 Å². The summed E-state index contributed by atoms with van der Waals surface area (Å²) in [4.78, 5) is 39.2. The lowest BCUT2D eigenvalue weighted by atomic mass is 10.0. The predicted molar refractivity (Wildman–Crippen MR) is 152 cm³/mol. The molecular weight excluding hydrogens is 579 g/mol. The Morgan fingerprint density at radius 3 is 2.40 bits per heavy atom. The minimum absolute atomic E-state index is 0.0497. The molecule has 11 nitrogen and oxygen atoms in total. The highest BCUT2D eigenvalue weighted by Gasteiger charge is 2.33. The molecule has 40 heavy (non-hydrogen) atoms. The summed E-state index contributed by atoms with van der Waals surface area (Å²) in [5.41, 5.74) is 0.625. The van der Waals surface area contributed by atoms with Crippen LogP contribution in [0, 0.1) is 0 Å². The van der Waals surface area contributed by atoms with Crippen molar-refractivity contribution in [1.29, 1.82) is 0 Å². The quantitative estimate of drug-likeness (QED) is 0.331. The first-order valence-corrected chi connectivity index (χ1v) is 14.3. The third kappa shape index (κ3) is 6.20. The second-order valence-corrected chi connectivity index (χ2v) is 11.7. The second-order valence-electron chi connectivity index (χ2n) is 8.98. The van der Waals surface area contributed by atoms with Crippen LogP contribution in [0.1, 0.15) is 33.7 Å². The first kappa shape index (κ1) is 29.3. The molecule has 210 valence electrons. The van der Waals surface area contributed by atoms with Crippen LogP contribution < -0.4 is 10.6 Å². The molecule has 1 saturated heterocycles. The van der Waals surface area contributed by atoms with Crippen LogP contribution in [0.15, 0.2) is 66.2 Å². The number of nitrogens with zero attached hydrogens (tertiary/aromatic N) is 3. The number of carbonyl (C=O) groups is 3. The van der Waals surface area contributed by atoms with E-state index in [1.165, 1.54) is 39.7 Å². The van der Waals surface area contributed by atoms with Crippen LogP contribution >= 0.6 is 23.2 Å². The highest BCUT2D eigenvalue weighted by Crippen LogP contribution is 2.28. The maximum absolute atomic E-state index is 13.3. The summed E-state index contributed by atoms with van der Waals surface area (Å²) < 4.78 is 27.8. The number of aromatic nitrogens is 2. The van der Waals surface area contributed by atoms with Crippen molar-refractivity contribution in [2.75, 3.05) is 30.8 Å². The van der Waals surface area contributed by atoms with Gasteiger partial charge in [-0.15, -0.1) is 0 Å². The number of hydrogen-bond donors (Lipinski definition) is 3.